The number of carbonyl (C=O) groups excluding carboxylic acids is 1. The maximum atomic E-state index is 12.9. The summed E-state index contributed by atoms with van der Waals surface area (Å²) >= 11 is 0.433. The van der Waals surface area contributed by atoms with E-state index in [1.165, 1.54) is 3.08 Å². The van der Waals surface area contributed by atoms with E-state index in [-0.39, 0.29) is 17.6 Å². The number of carbonyl (C=O) groups is 1. The fourth-order valence-corrected chi connectivity index (χ4v) is 6.40. The molecular formula is C28H32HgN5O. The van der Waals surface area contributed by atoms with Crippen LogP contribution in [0.5, 0.6) is 0 Å². The molecule has 3 heterocycles. The second-order valence-corrected chi connectivity index (χ2v) is 12.2. The van der Waals surface area contributed by atoms with Gasteiger partial charge in [-0.05, 0) is 6.07 Å². The number of fused-ring (bicyclic) bond motifs is 2. The van der Waals surface area contributed by atoms with Crippen LogP contribution in [-0.2, 0) is 30.9 Å². The second-order valence-electron chi connectivity index (χ2n) is 9.04. The summed E-state index contributed by atoms with van der Waals surface area (Å²) in [6.07, 6.45) is 11.9. The Hall–Kier alpha value is -2.73. The molecule has 4 rings (SSSR count). The Labute approximate surface area is 222 Å². The second kappa shape index (κ2) is 11.3. The van der Waals surface area contributed by atoms with Crippen molar-refractivity contribution in [3.63, 3.8) is 0 Å². The first kappa shape index (κ1) is 25.4. The number of nitrogens with one attached hydrogen (secondary N) is 1. The van der Waals surface area contributed by atoms with E-state index in [4.69, 9.17) is 10.7 Å². The first-order valence-corrected chi connectivity index (χ1v) is 15.1. The van der Waals surface area contributed by atoms with Gasteiger partial charge < -0.3 is 0 Å². The normalized spacial score (nSPS) is 13.9. The Kier molecular flexibility index (Phi) is 8.21. The Balaban J connectivity index is 1.65. The number of aromatic amines is 1. The number of anilines is 1. The van der Waals surface area contributed by atoms with E-state index in [1.54, 1.807) is 12.3 Å². The topological polar surface area (TPSA) is 89.1 Å². The Morgan fingerprint density at radius 1 is 1.31 bits per heavy atom. The molecule has 4 aromatic rings. The van der Waals surface area contributed by atoms with E-state index in [0.717, 1.165) is 59.3 Å². The minimum absolute atomic E-state index is 0.111. The summed E-state index contributed by atoms with van der Waals surface area (Å²) < 4.78 is 3.34. The van der Waals surface area contributed by atoms with Crippen LogP contribution in [0.3, 0.4) is 0 Å². The zero-order valence-corrected chi connectivity index (χ0v) is 26.1. The van der Waals surface area contributed by atoms with Crippen LogP contribution in [0.4, 0.5) is 5.82 Å². The number of H-pyrrole nitrogens is 1. The number of rotatable bonds is 11. The molecule has 0 saturated heterocycles. The number of Topliss-reactive ketones (excluding diaryl/α,β-unsaturated/α-hetero) is 1. The van der Waals surface area contributed by atoms with Crippen molar-refractivity contribution in [1.82, 2.24) is 19.4 Å². The van der Waals surface area contributed by atoms with Crippen LogP contribution in [0.25, 0.3) is 27.8 Å². The van der Waals surface area contributed by atoms with Crippen molar-refractivity contribution in [1.29, 1.82) is 0 Å². The number of ketones is 1. The summed E-state index contributed by atoms with van der Waals surface area (Å²) in [4.78, 5) is 25.8. The number of nitrogens with two attached hydrogens (primary N) is 1. The number of benzene rings is 1. The molecule has 35 heavy (non-hydrogen) atoms. The molecular weight excluding hydrogens is 623 g/mol. The van der Waals surface area contributed by atoms with E-state index in [2.05, 4.69) is 52.1 Å². The number of allylic oxidation sites excluding steroid dienone is 3. The van der Waals surface area contributed by atoms with Gasteiger partial charge in [-0.3, -0.25) is 0 Å². The molecule has 0 radical (unpaired) electrons. The predicted molar refractivity (Wildman–Crippen MR) is 139 cm³/mol. The third-order valence-corrected chi connectivity index (χ3v) is 10.0. The third kappa shape index (κ3) is 5.27. The standard InChI is InChI=1S/C28H32N5O.Hg/c1-4-10-19(6-3)24(34)15-9-13-20(11-5-2)28-32-25(26-27(29)30-16-17-33(26)28)23-18-21-12-7-8-14-22(21)31-23;/h4,6-8,12,14,16-20,31H,3,5,9,11,13,15H2,1-2H3,(H2,29,30);. The first-order valence-electron chi connectivity index (χ1n) is 12.3. The van der Waals surface area contributed by atoms with E-state index < -0.39 is 0 Å². The van der Waals surface area contributed by atoms with Crippen LogP contribution in [0.1, 0.15) is 57.7 Å². The molecule has 0 spiro atoms. The predicted octanol–water partition coefficient (Wildman–Crippen LogP) is 6.34. The SMILES string of the molecule is C=CC(C(=O)CCCC(CCC)c1nc(-c2cc3ccccc3[nH]2)c2c(N)nccn12)/[C]([Hg])=C\C. The number of nitrogens with zero attached hydrogens (tertiary/aromatic N) is 3. The summed E-state index contributed by atoms with van der Waals surface area (Å²) in [7, 11) is 0. The van der Waals surface area contributed by atoms with Crippen molar-refractivity contribution in [3.05, 3.63) is 70.4 Å². The fraction of sp³-hybridized carbons (Fsp3) is 0.321. The van der Waals surface area contributed by atoms with E-state index in [9.17, 15) is 4.79 Å². The number of aromatic nitrogens is 4. The van der Waals surface area contributed by atoms with Crippen molar-refractivity contribution in [2.24, 2.45) is 5.92 Å². The summed E-state index contributed by atoms with van der Waals surface area (Å²) in [6.45, 7) is 8.10. The Morgan fingerprint density at radius 3 is 2.83 bits per heavy atom. The molecule has 1 aromatic carbocycles. The zero-order chi connectivity index (χ0) is 24.9. The van der Waals surface area contributed by atoms with Crippen LogP contribution < -0.4 is 5.73 Å². The van der Waals surface area contributed by atoms with Crippen LogP contribution in [-0.4, -0.2) is 25.1 Å². The van der Waals surface area contributed by atoms with Gasteiger partial charge in [-0.2, -0.15) is 0 Å². The molecule has 2 atom stereocenters. The van der Waals surface area contributed by atoms with Gasteiger partial charge in [0.2, 0.25) is 0 Å². The Morgan fingerprint density at radius 2 is 2.11 bits per heavy atom. The third-order valence-electron chi connectivity index (χ3n) is 6.73. The summed E-state index contributed by atoms with van der Waals surface area (Å²) in [5.41, 5.74) is 10.0. The molecule has 3 aromatic heterocycles. The average molecular weight is 655 g/mol. The van der Waals surface area contributed by atoms with Crippen molar-refractivity contribution in [2.45, 2.75) is 51.9 Å². The minimum atomic E-state index is -0.111. The van der Waals surface area contributed by atoms with Crippen molar-refractivity contribution in [2.75, 3.05) is 5.73 Å². The molecule has 177 valence electrons. The molecule has 7 heteroatoms. The molecule has 2 unspecified atom stereocenters. The van der Waals surface area contributed by atoms with Crippen molar-refractivity contribution >= 4 is 28.0 Å². The molecule has 0 saturated carbocycles. The average Bonchev–Trinajstić information content (AvgIpc) is 3.46. The van der Waals surface area contributed by atoms with Crippen molar-refractivity contribution < 1.29 is 30.9 Å². The maximum absolute atomic E-state index is 12.9. The van der Waals surface area contributed by atoms with Gasteiger partial charge in [-0.25, -0.2) is 0 Å². The summed E-state index contributed by atoms with van der Waals surface area (Å²) in [5, 5.41) is 1.13. The molecule has 0 bridgehead atoms. The summed E-state index contributed by atoms with van der Waals surface area (Å²) in [6, 6.07) is 10.3. The number of para-hydroxylation sites is 1. The van der Waals surface area contributed by atoms with Gasteiger partial charge in [-0.15, -0.1) is 0 Å². The van der Waals surface area contributed by atoms with Gasteiger partial charge in [0.25, 0.3) is 0 Å². The van der Waals surface area contributed by atoms with E-state index in [1.807, 2.05) is 25.3 Å². The molecule has 0 fully saturated rings. The zero-order valence-electron chi connectivity index (χ0n) is 20.6. The van der Waals surface area contributed by atoms with Crippen LogP contribution in [0.15, 0.2) is 64.5 Å². The number of hydrogen-bond acceptors (Lipinski definition) is 4. The van der Waals surface area contributed by atoms with Gasteiger partial charge in [0.15, 0.2) is 0 Å². The first-order chi connectivity index (χ1) is 17.0. The number of hydrogen-bond donors (Lipinski definition) is 2. The Bertz CT molecular complexity index is 1350. The van der Waals surface area contributed by atoms with Gasteiger partial charge >= 0.3 is 188 Å². The number of imidazole rings is 1. The van der Waals surface area contributed by atoms with Gasteiger partial charge in [0, 0.05) is 10.9 Å². The molecule has 3 N–H and O–H groups in total. The number of nitrogen functional groups attached to an aromatic ring is 1. The van der Waals surface area contributed by atoms with Gasteiger partial charge in [-0.1, -0.05) is 18.2 Å². The fourth-order valence-electron chi connectivity index (χ4n) is 4.86. The molecule has 0 aliphatic rings. The van der Waals surface area contributed by atoms with Crippen molar-refractivity contribution in [3.8, 4) is 11.4 Å². The van der Waals surface area contributed by atoms with E-state index in [0.29, 0.717) is 38.4 Å². The molecule has 0 aliphatic carbocycles. The molecule has 0 amide bonds. The van der Waals surface area contributed by atoms with E-state index >= 15 is 0 Å². The van der Waals surface area contributed by atoms with Crippen LogP contribution >= 0.6 is 0 Å². The van der Waals surface area contributed by atoms with Crippen LogP contribution in [0, 0.1) is 5.92 Å². The quantitative estimate of drug-likeness (QED) is 0.146. The monoisotopic (exact) mass is 656 g/mol. The van der Waals surface area contributed by atoms with Gasteiger partial charge in [0.05, 0.1) is 0 Å². The molecule has 6 nitrogen and oxygen atoms in total. The van der Waals surface area contributed by atoms with Gasteiger partial charge in [0.1, 0.15) is 0 Å². The molecule has 0 aliphatic heterocycles. The summed E-state index contributed by atoms with van der Waals surface area (Å²) in [5.74, 6) is 1.84. The van der Waals surface area contributed by atoms with Crippen LogP contribution in [0.2, 0.25) is 0 Å².